The van der Waals surface area contributed by atoms with Crippen LogP contribution in [0.3, 0.4) is 0 Å². The molecule has 1 amide bonds. The maximum absolute atomic E-state index is 12.1. The third-order valence-electron chi connectivity index (χ3n) is 4.11. The quantitative estimate of drug-likeness (QED) is 0.747. The summed E-state index contributed by atoms with van der Waals surface area (Å²) < 4.78 is 36.1. The summed E-state index contributed by atoms with van der Waals surface area (Å²) in [6, 6.07) is 6.99. The number of aromatic nitrogens is 1. The van der Waals surface area contributed by atoms with Crippen molar-refractivity contribution in [1.82, 2.24) is 9.29 Å². The highest BCUT2D eigenvalue weighted by molar-refractivity contribution is 7.89. The summed E-state index contributed by atoms with van der Waals surface area (Å²) in [6.07, 6.45) is 0.543. The van der Waals surface area contributed by atoms with Crippen LogP contribution in [0.15, 0.2) is 24.3 Å². The second kappa shape index (κ2) is 8.24. The van der Waals surface area contributed by atoms with Crippen LogP contribution in [0.1, 0.15) is 17.5 Å². The zero-order valence-electron chi connectivity index (χ0n) is 15.1. The highest BCUT2D eigenvalue weighted by Crippen LogP contribution is 2.29. The molecule has 0 unspecified atom stereocenters. The van der Waals surface area contributed by atoms with E-state index in [1.54, 1.807) is 38.3 Å². The molecule has 0 radical (unpaired) electrons. The van der Waals surface area contributed by atoms with E-state index in [0.717, 1.165) is 10.6 Å². The number of ether oxygens (including phenoxy) is 2. The van der Waals surface area contributed by atoms with E-state index in [1.807, 2.05) is 0 Å². The van der Waals surface area contributed by atoms with E-state index in [4.69, 9.17) is 9.47 Å². The Hall–Kier alpha value is -2.17. The summed E-state index contributed by atoms with van der Waals surface area (Å²) >= 11 is 1.30. The molecular formula is C17H21N3O5S2. The van der Waals surface area contributed by atoms with Crippen molar-refractivity contribution in [2.75, 3.05) is 31.3 Å². The first-order valence-electron chi connectivity index (χ1n) is 8.44. The first-order chi connectivity index (χ1) is 12.9. The van der Waals surface area contributed by atoms with Crippen LogP contribution in [0.25, 0.3) is 0 Å². The van der Waals surface area contributed by atoms with Crippen LogP contribution >= 0.6 is 11.3 Å². The number of hydrogen-bond donors (Lipinski definition) is 1. The Balaban J connectivity index is 1.58. The zero-order valence-corrected chi connectivity index (χ0v) is 16.7. The van der Waals surface area contributed by atoms with Gasteiger partial charge in [0.2, 0.25) is 10.0 Å². The average Bonchev–Trinajstić information content (AvgIpc) is 3.07. The Morgan fingerprint density at radius 3 is 2.89 bits per heavy atom. The van der Waals surface area contributed by atoms with E-state index in [-0.39, 0.29) is 18.3 Å². The van der Waals surface area contributed by atoms with Gasteiger partial charge in [-0.15, -0.1) is 11.3 Å². The minimum absolute atomic E-state index is 0.0757. The SMILES string of the molecule is CCS(=O)(=O)N1CCc2nc(NC(=O)COc3cccc(OC)c3)sc2C1. The molecule has 2 heterocycles. The van der Waals surface area contributed by atoms with Crippen LogP contribution in [0, 0.1) is 0 Å². The monoisotopic (exact) mass is 411 g/mol. The minimum atomic E-state index is -3.23. The molecular weight excluding hydrogens is 390 g/mol. The summed E-state index contributed by atoms with van der Waals surface area (Å²) in [6.45, 7) is 2.19. The van der Waals surface area contributed by atoms with E-state index in [9.17, 15) is 13.2 Å². The van der Waals surface area contributed by atoms with Crippen LogP contribution < -0.4 is 14.8 Å². The van der Waals surface area contributed by atoms with Gasteiger partial charge in [0.05, 0.1) is 18.6 Å². The Kier molecular flexibility index (Phi) is 5.98. The summed E-state index contributed by atoms with van der Waals surface area (Å²) in [7, 11) is -1.67. The van der Waals surface area contributed by atoms with Gasteiger partial charge in [-0.25, -0.2) is 13.4 Å². The number of anilines is 1. The molecule has 1 aromatic carbocycles. The third kappa shape index (κ3) is 4.76. The lowest BCUT2D eigenvalue weighted by Gasteiger charge is -2.24. The zero-order chi connectivity index (χ0) is 19.4. The molecule has 0 saturated heterocycles. The highest BCUT2D eigenvalue weighted by Gasteiger charge is 2.28. The number of carbonyl (C=O) groups excluding carboxylic acids is 1. The number of benzene rings is 1. The Bertz CT molecular complexity index is 926. The lowest BCUT2D eigenvalue weighted by molar-refractivity contribution is -0.118. The number of sulfonamides is 1. The lowest BCUT2D eigenvalue weighted by atomic mass is 10.2. The predicted molar refractivity (Wildman–Crippen MR) is 103 cm³/mol. The third-order valence-corrected chi connectivity index (χ3v) is 6.94. The summed E-state index contributed by atoms with van der Waals surface area (Å²) in [5, 5.41) is 3.16. The number of nitrogens with zero attached hydrogens (tertiary/aromatic N) is 2. The number of fused-ring (bicyclic) bond motifs is 1. The Morgan fingerprint density at radius 1 is 1.37 bits per heavy atom. The molecule has 0 spiro atoms. The first-order valence-corrected chi connectivity index (χ1v) is 10.9. The van der Waals surface area contributed by atoms with Gasteiger partial charge in [0.15, 0.2) is 11.7 Å². The van der Waals surface area contributed by atoms with Crippen molar-refractivity contribution in [1.29, 1.82) is 0 Å². The molecule has 3 rings (SSSR count). The number of thiazole rings is 1. The summed E-state index contributed by atoms with van der Waals surface area (Å²) in [5.41, 5.74) is 0.839. The average molecular weight is 412 g/mol. The van der Waals surface area contributed by atoms with E-state index in [2.05, 4.69) is 10.3 Å². The van der Waals surface area contributed by atoms with E-state index >= 15 is 0 Å². The van der Waals surface area contributed by atoms with Gasteiger partial charge < -0.3 is 9.47 Å². The van der Waals surface area contributed by atoms with Crippen LogP contribution in [0.4, 0.5) is 5.13 Å². The van der Waals surface area contributed by atoms with Gasteiger partial charge in [0, 0.05) is 30.5 Å². The topological polar surface area (TPSA) is 97.8 Å². The maximum Gasteiger partial charge on any atom is 0.264 e. The molecule has 1 aliphatic rings. The Labute approximate surface area is 162 Å². The molecule has 2 aromatic rings. The molecule has 0 bridgehead atoms. The molecule has 0 atom stereocenters. The second-order valence-electron chi connectivity index (χ2n) is 5.89. The van der Waals surface area contributed by atoms with Gasteiger partial charge in [0.1, 0.15) is 11.5 Å². The predicted octanol–water partition coefficient (Wildman–Crippen LogP) is 1.88. The normalized spacial score (nSPS) is 14.4. The van der Waals surface area contributed by atoms with Crippen molar-refractivity contribution in [3.8, 4) is 11.5 Å². The minimum Gasteiger partial charge on any atom is -0.497 e. The molecule has 0 saturated carbocycles. The van der Waals surface area contributed by atoms with Gasteiger partial charge in [0.25, 0.3) is 5.91 Å². The highest BCUT2D eigenvalue weighted by atomic mass is 32.2. The summed E-state index contributed by atoms with van der Waals surface area (Å²) in [5.74, 6) is 0.921. The fourth-order valence-corrected chi connectivity index (χ4v) is 4.82. The fraction of sp³-hybridized carbons (Fsp3) is 0.412. The molecule has 146 valence electrons. The molecule has 0 aliphatic carbocycles. The first kappa shape index (κ1) is 19.6. The lowest BCUT2D eigenvalue weighted by Crippen LogP contribution is -2.36. The largest absolute Gasteiger partial charge is 0.497 e. The van der Waals surface area contributed by atoms with Crippen molar-refractivity contribution in [3.63, 3.8) is 0 Å². The number of nitrogens with one attached hydrogen (secondary N) is 1. The molecule has 1 aromatic heterocycles. The van der Waals surface area contributed by atoms with Crippen molar-refractivity contribution >= 4 is 32.4 Å². The van der Waals surface area contributed by atoms with Gasteiger partial charge in [-0.05, 0) is 19.1 Å². The van der Waals surface area contributed by atoms with Gasteiger partial charge in [-0.2, -0.15) is 4.31 Å². The maximum atomic E-state index is 12.1. The van der Waals surface area contributed by atoms with Gasteiger partial charge >= 0.3 is 0 Å². The number of rotatable bonds is 7. The van der Waals surface area contributed by atoms with Crippen molar-refractivity contribution in [2.24, 2.45) is 0 Å². The number of hydrogen-bond acceptors (Lipinski definition) is 7. The van der Waals surface area contributed by atoms with Crippen LogP contribution in [0.5, 0.6) is 11.5 Å². The Morgan fingerprint density at radius 2 is 2.15 bits per heavy atom. The standard InChI is InChI=1S/C17H21N3O5S2/c1-3-27(22,23)20-8-7-14-15(10-20)26-17(18-14)19-16(21)11-25-13-6-4-5-12(9-13)24-2/h4-6,9H,3,7-8,10-11H2,1-2H3,(H,18,19,21). The van der Waals surface area contributed by atoms with Crippen molar-refractivity contribution in [3.05, 3.63) is 34.8 Å². The van der Waals surface area contributed by atoms with E-state index in [0.29, 0.717) is 36.1 Å². The van der Waals surface area contributed by atoms with Crippen LogP contribution in [-0.2, 0) is 27.8 Å². The molecule has 1 N–H and O–H groups in total. The van der Waals surface area contributed by atoms with E-state index < -0.39 is 10.0 Å². The fourth-order valence-electron chi connectivity index (χ4n) is 2.64. The van der Waals surface area contributed by atoms with Gasteiger partial charge in [-0.3, -0.25) is 10.1 Å². The smallest absolute Gasteiger partial charge is 0.264 e. The number of carbonyl (C=O) groups is 1. The van der Waals surface area contributed by atoms with Crippen LogP contribution in [0.2, 0.25) is 0 Å². The van der Waals surface area contributed by atoms with Crippen LogP contribution in [-0.4, -0.2) is 49.6 Å². The van der Waals surface area contributed by atoms with Crippen molar-refractivity contribution in [2.45, 2.75) is 19.9 Å². The molecule has 10 heteroatoms. The second-order valence-corrected chi connectivity index (χ2v) is 9.23. The number of amides is 1. The molecule has 8 nitrogen and oxygen atoms in total. The molecule has 0 fully saturated rings. The van der Waals surface area contributed by atoms with Crippen molar-refractivity contribution < 1.29 is 22.7 Å². The number of methoxy groups -OCH3 is 1. The molecule has 1 aliphatic heterocycles. The van der Waals surface area contributed by atoms with Gasteiger partial charge in [-0.1, -0.05) is 6.07 Å². The molecule has 27 heavy (non-hydrogen) atoms. The summed E-state index contributed by atoms with van der Waals surface area (Å²) in [4.78, 5) is 17.4. The van der Waals surface area contributed by atoms with E-state index in [1.165, 1.54) is 15.6 Å².